The van der Waals surface area contributed by atoms with Crippen molar-refractivity contribution in [1.29, 1.82) is 0 Å². The predicted molar refractivity (Wildman–Crippen MR) is 95.2 cm³/mol. The number of amides is 1. The zero-order valence-electron chi connectivity index (χ0n) is 13.7. The number of rotatable bonds is 6. The van der Waals surface area contributed by atoms with E-state index in [4.69, 9.17) is 9.47 Å². The Hall–Kier alpha value is -2.41. The Balaban J connectivity index is 1.89. The van der Waals surface area contributed by atoms with Crippen LogP contribution in [0.1, 0.15) is 24.2 Å². The van der Waals surface area contributed by atoms with Crippen LogP contribution in [0.5, 0.6) is 5.75 Å². The highest BCUT2D eigenvalue weighted by Crippen LogP contribution is 2.25. The summed E-state index contributed by atoms with van der Waals surface area (Å²) in [6, 6.07) is 10.3. The minimum Gasteiger partial charge on any atom is -0.483 e. The van der Waals surface area contributed by atoms with Crippen LogP contribution in [-0.4, -0.2) is 24.6 Å². The Labute approximate surface area is 153 Å². The molecule has 25 heavy (non-hydrogen) atoms. The molecule has 0 unspecified atom stereocenters. The van der Waals surface area contributed by atoms with Gasteiger partial charge in [-0.05, 0) is 72.2 Å². The van der Waals surface area contributed by atoms with Crippen LogP contribution in [0.2, 0.25) is 0 Å². The van der Waals surface area contributed by atoms with E-state index in [1.54, 1.807) is 38.1 Å². The zero-order valence-corrected chi connectivity index (χ0v) is 15.3. The van der Waals surface area contributed by atoms with Crippen molar-refractivity contribution in [2.75, 3.05) is 11.9 Å². The van der Waals surface area contributed by atoms with Crippen molar-refractivity contribution >= 4 is 33.5 Å². The van der Waals surface area contributed by atoms with Gasteiger partial charge in [0.2, 0.25) is 0 Å². The van der Waals surface area contributed by atoms with Gasteiger partial charge in [-0.3, -0.25) is 4.79 Å². The number of hydrogen-bond acceptors (Lipinski definition) is 4. The summed E-state index contributed by atoms with van der Waals surface area (Å²) in [6.07, 6.45) is -0.199. The van der Waals surface area contributed by atoms with Crippen LogP contribution in [0.4, 0.5) is 10.1 Å². The monoisotopic (exact) mass is 409 g/mol. The first kappa shape index (κ1) is 18.9. The lowest BCUT2D eigenvalue weighted by Crippen LogP contribution is -2.20. The van der Waals surface area contributed by atoms with Crippen LogP contribution < -0.4 is 10.1 Å². The number of hydrogen-bond donors (Lipinski definition) is 1. The van der Waals surface area contributed by atoms with E-state index in [0.717, 1.165) is 0 Å². The molecule has 0 heterocycles. The van der Waals surface area contributed by atoms with Gasteiger partial charge < -0.3 is 14.8 Å². The van der Waals surface area contributed by atoms with Crippen molar-refractivity contribution in [3.05, 3.63) is 58.3 Å². The summed E-state index contributed by atoms with van der Waals surface area (Å²) >= 11 is 3.16. The Kier molecular flexibility index (Phi) is 6.52. The standard InChI is InChI=1S/C18H17BrFNO4/c1-11(2)25-18(23)12-3-6-14(7-4-12)21-17(22)10-24-16-8-5-13(20)9-15(16)19/h3-9,11H,10H2,1-2H3,(H,21,22). The van der Waals surface area contributed by atoms with E-state index < -0.39 is 11.8 Å². The van der Waals surface area contributed by atoms with Crippen LogP contribution in [0, 0.1) is 5.82 Å². The molecule has 132 valence electrons. The van der Waals surface area contributed by atoms with Crippen molar-refractivity contribution in [3.8, 4) is 5.75 Å². The van der Waals surface area contributed by atoms with Crippen molar-refractivity contribution < 1.29 is 23.5 Å². The van der Waals surface area contributed by atoms with E-state index in [1.165, 1.54) is 18.2 Å². The third-order valence-electron chi connectivity index (χ3n) is 3.00. The minimum atomic E-state index is -0.419. The summed E-state index contributed by atoms with van der Waals surface area (Å²) in [4.78, 5) is 23.7. The Bertz CT molecular complexity index is 762. The van der Waals surface area contributed by atoms with Gasteiger partial charge in [-0.15, -0.1) is 0 Å². The van der Waals surface area contributed by atoms with Crippen molar-refractivity contribution in [2.45, 2.75) is 20.0 Å². The van der Waals surface area contributed by atoms with Gasteiger partial charge in [0.15, 0.2) is 6.61 Å². The molecule has 0 bridgehead atoms. The Morgan fingerprint density at radius 1 is 1.16 bits per heavy atom. The fourth-order valence-corrected chi connectivity index (χ4v) is 2.37. The molecule has 0 aromatic heterocycles. The molecule has 5 nitrogen and oxygen atoms in total. The zero-order chi connectivity index (χ0) is 18.4. The number of nitrogens with one attached hydrogen (secondary N) is 1. The molecule has 2 rings (SSSR count). The molecule has 0 aliphatic carbocycles. The first-order valence-corrected chi connectivity index (χ1v) is 8.33. The van der Waals surface area contributed by atoms with Gasteiger partial charge in [-0.25, -0.2) is 9.18 Å². The topological polar surface area (TPSA) is 64.6 Å². The highest BCUT2D eigenvalue weighted by molar-refractivity contribution is 9.10. The van der Waals surface area contributed by atoms with Gasteiger partial charge in [-0.1, -0.05) is 0 Å². The normalized spacial score (nSPS) is 10.4. The first-order valence-electron chi connectivity index (χ1n) is 7.54. The number of halogens is 2. The molecule has 2 aromatic rings. The van der Waals surface area contributed by atoms with Crippen molar-refractivity contribution in [1.82, 2.24) is 0 Å². The van der Waals surface area contributed by atoms with Gasteiger partial charge in [0.25, 0.3) is 5.91 Å². The summed E-state index contributed by atoms with van der Waals surface area (Å²) in [5, 5.41) is 2.64. The van der Waals surface area contributed by atoms with E-state index in [2.05, 4.69) is 21.2 Å². The molecule has 0 aliphatic rings. The van der Waals surface area contributed by atoms with Crippen LogP contribution >= 0.6 is 15.9 Å². The largest absolute Gasteiger partial charge is 0.483 e. The first-order chi connectivity index (χ1) is 11.8. The molecule has 1 amide bonds. The van der Waals surface area contributed by atoms with Crippen LogP contribution in [0.15, 0.2) is 46.9 Å². The second-order valence-corrected chi connectivity index (χ2v) is 6.30. The van der Waals surface area contributed by atoms with Gasteiger partial charge in [-0.2, -0.15) is 0 Å². The number of esters is 1. The molecular formula is C18H17BrFNO4. The van der Waals surface area contributed by atoms with Gasteiger partial charge in [0.1, 0.15) is 11.6 Å². The van der Waals surface area contributed by atoms with E-state index in [9.17, 15) is 14.0 Å². The molecule has 0 atom stereocenters. The van der Waals surface area contributed by atoms with Gasteiger partial charge in [0, 0.05) is 5.69 Å². The fourth-order valence-electron chi connectivity index (χ4n) is 1.90. The molecule has 0 aliphatic heterocycles. The quantitative estimate of drug-likeness (QED) is 0.727. The SMILES string of the molecule is CC(C)OC(=O)c1ccc(NC(=O)COc2ccc(F)cc2Br)cc1. The van der Waals surface area contributed by atoms with Crippen molar-refractivity contribution in [3.63, 3.8) is 0 Å². The smallest absolute Gasteiger partial charge is 0.338 e. The average Bonchev–Trinajstić information content (AvgIpc) is 2.54. The number of ether oxygens (including phenoxy) is 2. The number of anilines is 1. The van der Waals surface area contributed by atoms with Gasteiger partial charge >= 0.3 is 5.97 Å². The van der Waals surface area contributed by atoms with E-state index >= 15 is 0 Å². The van der Waals surface area contributed by atoms with E-state index in [1.807, 2.05) is 0 Å². The second kappa shape index (κ2) is 8.62. The molecule has 0 fully saturated rings. The third-order valence-corrected chi connectivity index (χ3v) is 3.62. The minimum absolute atomic E-state index is 0.199. The van der Waals surface area contributed by atoms with E-state index in [-0.39, 0.29) is 18.6 Å². The maximum Gasteiger partial charge on any atom is 0.338 e. The lowest BCUT2D eigenvalue weighted by atomic mass is 10.2. The maximum absolute atomic E-state index is 13.0. The number of carbonyl (C=O) groups excluding carboxylic acids is 2. The molecule has 0 saturated heterocycles. The molecule has 0 saturated carbocycles. The molecule has 2 aromatic carbocycles. The summed E-state index contributed by atoms with van der Waals surface area (Å²) in [5.74, 6) is -0.839. The van der Waals surface area contributed by atoms with Crippen LogP contribution in [0.3, 0.4) is 0 Å². The Morgan fingerprint density at radius 2 is 1.84 bits per heavy atom. The predicted octanol–water partition coefficient (Wildman–Crippen LogP) is 4.17. The molecule has 0 radical (unpaired) electrons. The number of carbonyl (C=O) groups is 2. The summed E-state index contributed by atoms with van der Waals surface area (Å²) in [7, 11) is 0. The second-order valence-electron chi connectivity index (χ2n) is 5.44. The summed E-state index contributed by atoms with van der Waals surface area (Å²) < 4.78 is 23.8. The third kappa shape index (κ3) is 5.86. The van der Waals surface area contributed by atoms with Crippen LogP contribution in [-0.2, 0) is 9.53 Å². The highest BCUT2D eigenvalue weighted by atomic mass is 79.9. The molecular weight excluding hydrogens is 393 g/mol. The Morgan fingerprint density at radius 3 is 2.44 bits per heavy atom. The summed E-state index contributed by atoms with van der Waals surface area (Å²) in [6.45, 7) is 3.30. The molecule has 0 spiro atoms. The lowest BCUT2D eigenvalue weighted by Gasteiger charge is -2.10. The fraction of sp³-hybridized carbons (Fsp3) is 0.222. The summed E-state index contributed by atoms with van der Waals surface area (Å²) in [5.41, 5.74) is 0.922. The highest BCUT2D eigenvalue weighted by Gasteiger charge is 2.10. The average molecular weight is 410 g/mol. The molecule has 1 N–H and O–H groups in total. The number of benzene rings is 2. The van der Waals surface area contributed by atoms with E-state index in [0.29, 0.717) is 21.5 Å². The van der Waals surface area contributed by atoms with Crippen molar-refractivity contribution in [2.24, 2.45) is 0 Å². The maximum atomic E-state index is 13.0. The lowest BCUT2D eigenvalue weighted by molar-refractivity contribution is -0.118. The van der Waals surface area contributed by atoms with Crippen LogP contribution in [0.25, 0.3) is 0 Å². The molecule has 7 heteroatoms. The van der Waals surface area contributed by atoms with Gasteiger partial charge in [0.05, 0.1) is 16.1 Å².